The lowest BCUT2D eigenvalue weighted by Crippen LogP contribution is -2.31. The third kappa shape index (κ3) is 4.65. The molecule has 1 amide bonds. The SMILES string of the molecule is CCN(C(C)=O)c1cc(N2CCCN(C)CC2)ccc1S(=O)(=O)c1ccc(F)cc1. The monoisotopic (exact) mass is 433 g/mol. The second-order valence-electron chi connectivity index (χ2n) is 7.52. The first-order valence-electron chi connectivity index (χ1n) is 10.1. The lowest BCUT2D eigenvalue weighted by Gasteiger charge is -2.27. The standard InChI is InChI=1S/C22H28FN3O3S/c1-4-26(17(2)27)21-16-19(25-13-5-12-24(3)14-15-25)8-11-22(21)30(28,29)20-9-6-18(23)7-10-20/h6-11,16H,4-5,12-15H2,1-3H3. The number of nitrogens with zero attached hydrogens (tertiary/aromatic N) is 3. The van der Waals surface area contributed by atoms with Gasteiger partial charge in [0.1, 0.15) is 5.82 Å². The van der Waals surface area contributed by atoms with Crippen LogP contribution in [0.15, 0.2) is 52.3 Å². The molecule has 1 aliphatic heterocycles. The Kier molecular flexibility index (Phi) is 6.77. The summed E-state index contributed by atoms with van der Waals surface area (Å²) in [6.45, 7) is 7.18. The van der Waals surface area contributed by atoms with E-state index < -0.39 is 15.7 Å². The predicted octanol–water partition coefficient (Wildman–Crippen LogP) is 3.17. The van der Waals surface area contributed by atoms with E-state index in [1.165, 1.54) is 24.0 Å². The van der Waals surface area contributed by atoms with Gasteiger partial charge in [0.05, 0.1) is 15.5 Å². The number of halogens is 1. The summed E-state index contributed by atoms with van der Waals surface area (Å²) in [6, 6.07) is 9.87. The highest BCUT2D eigenvalue weighted by molar-refractivity contribution is 7.91. The third-order valence-corrected chi connectivity index (χ3v) is 7.24. The van der Waals surface area contributed by atoms with Crippen LogP contribution >= 0.6 is 0 Å². The van der Waals surface area contributed by atoms with Crippen molar-refractivity contribution in [3.63, 3.8) is 0 Å². The van der Waals surface area contributed by atoms with Crippen molar-refractivity contribution in [3.8, 4) is 0 Å². The first-order chi connectivity index (χ1) is 14.2. The summed E-state index contributed by atoms with van der Waals surface area (Å²) in [7, 11) is -1.84. The van der Waals surface area contributed by atoms with Crippen molar-refractivity contribution in [2.75, 3.05) is 49.6 Å². The second-order valence-corrected chi connectivity index (χ2v) is 9.43. The van der Waals surface area contributed by atoms with Crippen LogP contribution in [-0.2, 0) is 14.6 Å². The van der Waals surface area contributed by atoms with Crippen molar-refractivity contribution < 1.29 is 17.6 Å². The van der Waals surface area contributed by atoms with Crippen molar-refractivity contribution in [2.24, 2.45) is 0 Å². The van der Waals surface area contributed by atoms with Crippen LogP contribution in [0.1, 0.15) is 20.3 Å². The summed E-state index contributed by atoms with van der Waals surface area (Å²) < 4.78 is 39.9. The van der Waals surface area contributed by atoms with Crippen LogP contribution in [0.5, 0.6) is 0 Å². The second kappa shape index (κ2) is 9.14. The average molecular weight is 434 g/mol. The molecule has 3 rings (SSSR count). The summed E-state index contributed by atoms with van der Waals surface area (Å²) in [5.74, 6) is -0.740. The van der Waals surface area contributed by atoms with Gasteiger partial charge in [0, 0.05) is 38.8 Å². The van der Waals surface area contributed by atoms with Crippen molar-refractivity contribution in [1.29, 1.82) is 0 Å². The molecule has 0 N–H and O–H groups in total. The molecule has 0 saturated carbocycles. The fraction of sp³-hybridized carbons (Fsp3) is 0.409. The van der Waals surface area contributed by atoms with E-state index in [0.29, 0.717) is 12.2 Å². The van der Waals surface area contributed by atoms with Gasteiger partial charge in [0.25, 0.3) is 0 Å². The summed E-state index contributed by atoms with van der Waals surface area (Å²) in [4.78, 5) is 18.3. The van der Waals surface area contributed by atoms with Crippen LogP contribution in [0, 0.1) is 5.82 Å². The van der Waals surface area contributed by atoms with Crippen molar-refractivity contribution in [2.45, 2.75) is 30.1 Å². The molecule has 0 bridgehead atoms. The molecule has 0 aliphatic carbocycles. The maximum Gasteiger partial charge on any atom is 0.223 e. The summed E-state index contributed by atoms with van der Waals surface area (Å²) in [5, 5.41) is 0. The molecule has 8 heteroatoms. The number of likely N-dealkylation sites (N-methyl/N-ethyl adjacent to an activating group) is 1. The van der Waals surface area contributed by atoms with Crippen LogP contribution in [-0.4, -0.2) is 59.0 Å². The van der Waals surface area contributed by atoms with Gasteiger partial charge in [-0.2, -0.15) is 0 Å². The van der Waals surface area contributed by atoms with E-state index in [2.05, 4.69) is 16.8 Å². The number of benzene rings is 2. The van der Waals surface area contributed by atoms with Crippen molar-refractivity contribution in [1.82, 2.24) is 4.90 Å². The van der Waals surface area contributed by atoms with Gasteiger partial charge in [-0.15, -0.1) is 0 Å². The number of sulfone groups is 1. The third-order valence-electron chi connectivity index (χ3n) is 5.43. The number of carbonyl (C=O) groups is 1. The number of hydrogen-bond acceptors (Lipinski definition) is 5. The van der Waals surface area contributed by atoms with Crippen LogP contribution in [0.3, 0.4) is 0 Å². The first kappa shape index (κ1) is 22.2. The van der Waals surface area contributed by atoms with Gasteiger partial charge in [-0.05, 0) is 69.4 Å². The maximum atomic E-state index is 13.3. The van der Waals surface area contributed by atoms with Crippen LogP contribution in [0.25, 0.3) is 0 Å². The molecule has 0 atom stereocenters. The molecule has 0 unspecified atom stereocenters. The molecule has 2 aromatic carbocycles. The minimum atomic E-state index is -3.93. The molecule has 1 saturated heterocycles. The Morgan fingerprint density at radius 2 is 1.77 bits per heavy atom. The molecule has 0 aromatic heterocycles. The van der Waals surface area contributed by atoms with Gasteiger partial charge in [0.2, 0.25) is 15.7 Å². The molecular weight excluding hydrogens is 405 g/mol. The smallest absolute Gasteiger partial charge is 0.223 e. The van der Waals surface area contributed by atoms with Gasteiger partial charge in [-0.25, -0.2) is 12.8 Å². The number of rotatable bonds is 5. The molecule has 1 fully saturated rings. The summed E-state index contributed by atoms with van der Waals surface area (Å²) >= 11 is 0. The molecular formula is C22H28FN3O3S. The molecule has 0 radical (unpaired) electrons. The van der Waals surface area contributed by atoms with Crippen molar-refractivity contribution in [3.05, 3.63) is 48.3 Å². The van der Waals surface area contributed by atoms with E-state index in [9.17, 15) is 17.6 Å². The Morgan fingerprint density at radius 3 is 2.40 bits per heavy atom. The normalized spacial score (nSPS) is 15.7. The zero-order chi connectivity index (χ0) is 21.9. The summed E-state index contributed by atoms with van der Waals surface area (Å²) in [6.07, 6.45) is 1.01. The van der Waals surface area contributed by atoms with Gasteiger partial charge < -0.3 is 14.7 Å². The summed E-state index contributed by atoms with van der Waals surface area (Å²) in [5.41, 5.74) is 1.24. The minimum Gasteiger partial charge on any atom is -0.370 e. The Hall–Kier alpha value is -2.45. The Morgan fingerprint density at radius 1 is 1.07 bits per heavy atom. The van der Waals surface area contributed by atoms with Gasteiger partial charge >= 0.3 is 0 Å². The number of amides is 1. The molecule has 162 valence electrons. The highest BCUT2D eigenvalue weighted by Crippen LogP contribution is 2.34. The highest BCUT2D eigenvalue weighted by atomic mass is 32.2. The van der Waals surface area contributed by atoms with Gasteiger partial charge in [-0.1, -0.05) is 0 Å². The van der Waals surface area contributed by atoms with E-state index >= 15 is 0 Å². The topological polar surface area (TPSA) is 60.9 Å². The zero-order valence-electron chi connectivity index (χ0n) is 17.6. The molecule has 1 heterocycles. The maximum absolute atomic E-state index is 13.3. The largest absolute Gasteiger partial charge is 0.370 e. The number of anilines is 2. The Bertz CT molecular complexity index is 1010. The van der Waals surface area contributed by atoms with E-state index in [0.717, 1.165) is 50.4 Å². The minimum absolute atomic E-state index is 0.00565. The zero-order valence-corrected chi connectivity index (χ0v) is 18.5. The first-order valence-corrected chi connectivity index (χ1v) is 11.6. The molecule has 6 nitrogen and oxygen atoms in total. The lowest BCUT2D eigenvalue weighted by molar-refractivity contribution is -0.116. The molecule has 0 spiro atoms. The fourth-order valence-electron chi connectivity index (χ4n) is 3.75. The van der Waals surface area contributed by atoms with Gasteiger partial charge in [0.15, 0.2) is 0 Å². The van der Waals surface area contributed by atoms with Crippen LogP contribution in [0.4, 0.5) is 15.8 Å². The van der Waals surface area contributed by atoms with Crippen LogP contribution < -0.4 is 9.80 Å². The Balaban J connectivity index is 2.10. The number of hydrogen-bond donors (Lipinski definition) is 0. The average Bonchev–Trinajstić information content (AvgIpc) is 2.93. The molecule has 30 heavy (non-hydrogen) atoms. The predicted molar refractivity (Wildman–Crippen MR) is 116 cm³/mol. The molecule has 2 aromatic rings. The highest BCUT2D eigenvalue weighted by Gasteiger charge is 2.26. The lowest BCUT2D eigenvalue weighted by atomic mass is 10.2. The molecule has 1 aliphatic rings. The van der Waals surface area contributed by atoms with E-state index in [1.807, 2.05) is 6.92 Å². The van der Waals surface area contributed by atoms with E-state index in [4.69, 9.17) is 0 Å². The fourth-order valence-corrected chi connectivity index (χ4v) is 5.19. The van der Waals surface area contributed by atoms with E-state index in [1.54, 1.807) is 18.2 Å². The Labute approximate surface area is 177 Å². The van der Waals surface area contributed by atoms with Gasteiger partial charge in [-0.3, -0.25) is 4.79 Å². The van der Waals surface area contributed by atoms with Crippen molar-refractivity contribution >= 4 is 27.1 Å². The van der Waals surface area contributed by atoms with Crippen LogP contribution in [0.2, 0.25) is 0 Å². The number of carbonyl (C=O) groups excluding carboxylic acids is 1. The quantitative estimate of drug-likeness (QED) is 0.678. The van der Waals surface area contributed by atoms with E-state index in [-0.39, 0.29) is 15.7 Å².